The molecule has 0 aliphatic heterocycles. The van der Waals surface area contributed by atoms with Crippen molar-refractivity contribution in [2.45, 2.75) is 44.8 Å². The van der Waals surface area contributed by atoms with E-state index in [9.17, 15) is 4.79 Å². The number of aliphatic hydroxyl groups is 1. The molecule has 1 fully saturated rings. The maximum atomic E-state index is 11.9. The summed E-state index contributed by atoms with van der Waals surface area (Å²) >= 11 is 0. The molecule has 0 saturated heterocycles. The van der Waals surface area contributed by atoms with E-state index in [1.807, 2.05) is 0 Å². The fourth-order valence-corrected chi connectivity index (χ4v) is 2.59. The molecule has 116 valence electrons. The van der Waals surface area contributed by atoms with Crippen LogP contribution in [0.3, 0.4) is 0 Å². The van der Waals surface area contributed by atoms with Crippen LogP contribution in [0.1, 0.15) is 37.7 Å². The Morgan fingerprint density at radius 3 is 2.71 bits per heavy atom. The molecule has 1 aromatic carbocycles. The molecule has 0 radical (unpaired) electrons. The lowest BCUT2D eigenvalue weighted by Gasteiger charge is -2.22. The predicted octanol–water partition coefficient (Wildman–Crippen LogP) is 2.02. The average molecular weight is 293 g/mol. The number of ether oxygens (including phenoxy) is 2. The van der Waals surface area contributed by atoms with E-state index in [0.29, 0.717) is 11.5 Å². The topological polar surface area (TPSA) is 67.8 Å². The Labute approximate surface area is 125 Å². The summed E-state index contributed by atoms with van der Waals surface area (Å²) in [5, 5.41) is 12.1. The van der Waals surface area contributed by atoms with E-state index in [1.54, 1.807) is 18.2 Å². The van der Waals surface area contributed by atoms with Gasteiger partial charge in [-0.05, 0) is 30.5 Å². The second-order valence-electron chi connectivity index (χ2n) is 5.33. The third-order valence-electron chi connectivity index (χ3n) is 3.74. The Bertz CT molecular complexity index is 469. The molecule has 0 spiro atoms. The van der Waals surface area contributed by atoms with Crippen molar-refractivity contribution in [1.29, 1.82) is 0 Å². The van der Waals surface area contributed by atoms with Gasteiger partial charge in [0.25, 0.3) is 5.91 Å². The van der Waals surface area contributed by atoms with Gasteiger partial charge >= 0.3 is 0 Å². The third-order valence-corrected chi connectivity index (χ3v) is 3.74. The Morgan fingerprint density at radius 1 is 1.29 bits per heavy atom. The first-order valence-electron chi connectivity index (χ1n) is 7.43. The van der Waals surface area contributed by atoms with Crippen LogP contribution in [0.4, 0.5) is 0 Å². The number of amides is 1. The monoisotopic (exact) mass is 293 g/mol. The summed E-state index contributed by atoms with van der Waals surface area (Å²) in [4.78, 5) is 11.9. The van der Waals surface area contributed by atoms with Crippen LogP contribution in [0.5, 0.6) is 11.5 Å². The van der Waals surface area contributed by atoms with Gasteiger partial charge in [0.1, 0.15) is 0 Å². The van der Waals surface area contributed by atoms with Crippen molar-refractivity contribution in [3.63, 3.8) is 0 Å². The molecule has 2 rings (SSSR count). The van der Waals surface area contributed by atoms with Crippen LogP contribution in [-0.2, 0) is 11.4 Å². The van der Waals surface area contributed by atoms with Crippen molar-refractivity contribution >= 4 is 5.91 Å². The minimum absolute atomic E-state index is 0.0225. The lowest BCUT2D eigenvalue weighted by atomic mass is 9.95. The van der Waals surface area contributed by atoms with E-state index in [4.69, 9.17) is 14.6 Å². The molecule has 0 aromatic heterocycles. The zero-order valence-electron chi connectivity index (χ0n) is 12.4. The quantitative estimate of drug-likeness (QED) is 0.842. The summed E-state index contributed by atoms with van der Waals surface area (Å²) in [6.07, 6.45) is 5.74. The Kier molecular flexibility index (Phi) is 5.87. The first-order chi connectivity index (χ1) is 10.2. The van der Waals surface area contributed by atoms with Crippen LogP contribution in [0.2, 0.25) is 0 Å². The average Bonchev–Trinajstić information content (AvgIpc) is 2.53. The molecule has 1 aromatic rings. The number of benzene rings is 1. The van der Waals surface area contributed by atoms with Gasteiger partial charge in [-0.2, -0.15) is 0 Å². The summed E-state index contributed by atoms with van der Waals surface area (Å²) in [7, 11) is 1.53. The molecule has 2 N–H and O–H groups in total. The number of methoxy groups -OCH3 is 1. The highest BCUT2D eigenvalue weighted by atomic mass is 16.5. The molecular weight excluding hydrogens is 270 g/mol. The van der Waals surface area contributed by atoms with E-state index in [0.717, 1.165) is 18.4 Å². The first kappa shape index (κ1) is 15.6. The highest BCUT2D eigenvalue weighted by Crippen LogP contribution is 2.28. The lowest BCUT2D eigenvalue weighted by molar-refractivity contribution is -0.124. The normalized spacial score (nSPS) is 15.5. The maximum Gasteiger partial charge on any atom is 0.258 e. The maximum absolute atomic E-state index is 11.9. The van der Waals surface area contributed by atoms with Crippen LogP contribution in [0.25, 0.3) is 0 Å². The summed E-state index contributed by atoms with van der Waals surface area (Å²) in [5.74, 6) is 0.927. The summed E-state index contributed by atoms with van der Waals surface area (Å²) < 4.78 is 10.7. The largest absolute Gasteiger partial charge is 0.493 e. The number of aliphatic hydroxyl groups excluding tert-OH is 1. The third kappa shape index (κ3) is 4.63. The molecular formula is C16H23NO4. The minimum atomic E-state index is -0.102. The molecule has 21 heavy (non-hydrogen) atoms. The first-order valence-corrected chi connectivity index (χ1v) is 7.43. The van der Waals surface area contributed by atoms with Gasteiger partial charge in [-0.1, -0.05) is 25.3 Å². The SMILES string of the molecule is COc1cc(CO)ccc1OCC(=O)NC1CCCCC1. The van der Waals surface area contributed by atoms with Gasteiger partial charge in [0.15, 0.2) is 18.1 Å². The predicted molar refractivity (Wildman–Crippen MR) is 79.4 cm³/mol. The lowest BCUT2D eigenvalue weighted by Crippen LogP contribution is -2.39. The Hall–Kier alpha value is -1.75. The second kappa shape index (κ2) is 7.88. The summed E-state index contributed by atoms with van der Waals surface area (Å²) in [6, 6.07) is 5.44. The van der Waals surface area contributed by atoms with E-state index in [1.165, 1.54) is 26.4 Å². The zero-order valence-corrected chi connectivity index (χ0v) is 12.4. The Balaban J connectivity index is 1.85. The van der Waals surface area contributed by atoms with E-state index in [2.05, 4.69) is 5.32 Å². The van der Waals surface area contributed by atoms with E-state index in [-0.39, 0.29) is 25.2 Å². The van der Waals surface area contributed by atoms with Crippen LogP contribution >= 0.6 is 0 Å². The fourth-order valence-electron chi connectivity index (χ4n) is 2.59. The number of nitrogens with one attached hydrogen (secondary N) is 1. The molecule has 0 atom stereocenters. The molecule has 0 unspecified atom stereocenters. The summed E-state index contributed by atoms with van der Waals surface area (Å²) in [5.41, 5.74) is 0.742. The standard InChI is InChI=1S/C16H23NO4/c1-20-15-9-12(10-18)7-8-14(15)21-11-16(19)17-13-5-3-2-4-6-13/h7-9,13,18H,2-6,10-11H2,1H3,(H,17,19). The van der Waals surface area contributed by atoms with Crippen molar-refractivity contribution < 1.29 is 19.4 Å². The molecule has 0 bridgehead atoms. The number of rotatable bonds is 6. The molecule has 1 saturated carbocycles. The number of hydrogen-bond donors (Lipinski definition) is 2. The number of hydrogen-bond acceptors (Lipinski definition) is 4. The van der Waals surface area contributed by atoms with E-state index < -0.39 is 0 Å². The van der Waals surface area contributed by atoms with Crippen molar-refractivity contribution in [2.24, 2.45) is 0 Å². The van der Waals surface area contributed by atoms with Crippen molar-refractivity contribution in [2.75, 3.05) is 13.7 Å². The van der Waals surface area contributed by atoms with E-state index >= 15 is 0 Å². The molecule has 5 nitrogen and oxygen atoms in total. The number of carbonyl (C=O) groups excluding carboxylic acids is 1. The van der Waals surface area contributed by atoms with Gasteiger partial charge in [-0.3, -0.25) is 4.79 Å². The van der Waals surface area contributed by atoms with Gasteiger partial charge in [0.2, 0.25) is 0 Å². The summed E-state index contributed by atoms with van der Waals surface area (Å²) in [6.45, 7) is -0.0792. The molecule has 1 aliphatic carbocycles. The second-order valence-corrected chi connectivity index (χ2v) is 5.33. The Morgan fingerprint density at radius 2 is 2.05 bits per heavy atom. The molecule has 1 aliphatic rings. The molecule has 5 heteroatoms. The molecule has 0 heterocycles. The van der Waals surface area contributed by atoms with Gasteiger partial charge in [-0.15, -0.1) is 0 Å². The van der Waals surface area contributed by atoms with Crippen molar-refractivity contribution in [3.8, 4) is 11.5 Å². The fraction of sp³-hybridized carbons (Fsp3) is 0.562. The van der Waals surface area contributed by atoms with Crippen LogP contribution < -0.4 is 14.8 Å². The van der Waals surface area contributed by atoms with Crippen LogP contribution in [0, 0.1) is 0 Å². The van der Waals surface area contributed by atoms with Gasteiger partial charge in [-0.25, -0.2) is 0 Å². The van der Waals surface area contributed by atoms with Gasteiger partial charge < -0.3 is 19.9 Å². The molecule has 1 amide bonds. The van der Waals surface area contributed by atoms with Crippen molar-refractivity contribution in [1.82, 2.24) is 5.32 Å². The zero-order chi connectivity index (χ0) is 15.1. The van der Waals surface area contributed by atoms with Crippen molar-refractivity contribution in [3.05, 3.63) is 23.8 Å². The van der Waals surface area contributed by atoms with Crippen LogP contribution in [-0.4, -0.2) is 30.8 Å². The van der Waals surface area contributed by atoms with Crippen LogP contribution in [0.15, 0.2) is 18.2 Å². The van der Waals surface area contributed by atoms with Gasteiger partial charge in [0.05, 0.1) is 13.7 Å². The highest BCUT2D eigenvalue weighted by Gasteiger charge is 2.16. The van der Waals surface area contributed by atoms with Gasteiger partial charge in [0, 0.05) is 6.04 Å². The highest BCUT2D eigenvalue weighted by molar-refractivity contribution is 5.77. The number of carbonyl (C=O) groups is 1. The minimum Gasteiger partial charge on any atom is -0.493 e. The smallest absolute Gasteiger partial charge is 0.258 e.